The average Bonchev–Trinajstić information content (AvgIpc) is 2.69. The normalized spacial score (nSPS) is 26.5. The molecule has 0 aromatic heterocycles. The molecule has 1 amide bonds. The first-order valence-corrected chi connectivity index (χ1v) is 11.5. The number of hydrogen-bond acceptors (Lipinski definition) is 10. The lowest BCUT2D eigenvalue weighted by molar-refractivity contribution is -0.299. The minimum absolute atomic E-state index is 0.0170. The number of alkyl carbamates (subject to hydrolysis) is 1. The number of hydrogen-bond donors (Lipinski definition) is 4. The number of ether oxygens (including phenoxy) is 3. The zero-order chi connectivity index (χ0) is 24.1. The monoisotopic (exact) mass is 477 g/mol. The van der Waals surface area contributed by atoms with Crippen molar-refractivity contribution >= 4 is 16.2 Å². The van der Waals surface area contributed by atoms with E-state index in [1.165, 1.54) is 12.1 Å². The molecule has 32 heavy (non-hydrogen) atoms. The molecule has 1 heterocycles. The number of carbonyl (C=O) groups excluding carboxylic acids is 1. The summed E-state index contributed by atoms with van der Waals surface area (Å²) in [5.41, 5.74) is 0.202. The van der Waals surface area contributed by atoms with Crippen molar-refractivity contribution in [2.75, 3.05) is 19.8 Å². The van der Waals surface area contributed by atoms with Gasteiger partial charge in [-0.15, -0.1) is 0 Å². The summed E-state index contributed by atoms with van der Waals surface area (Å²) in [6.45, 7) is 6.23. The van der Waals surface area contributed by atoms with Gasteiger partial charge < -0.3 is 34.8 Å². The van der Waals surface area contributed by atoms with Crippen LogP contribution in [0.1, 0.15) is 26.3 Å². The van der Waals surface area contributed by atoms with Gasteiger partial charge in [-0.1, -0.05) is 17.7 Å². The van der Waals surface area contributed by atoms with Gasteiger partial charge in [0, 0.05) is 6.54 Å². The molecular formula is C20H31NO10S. The van der Waals surface area contributed by atoms with Gasteiger partial charge in [-0.05, 0) is 39.8 Å². The first-order valence-electron chi connectivity index (χ1n) is 10.0. The molecule has 1 saturated heterocycles. The Bertz CT molecular complexity index is 852. The number of aliphatic hydroxyl groups is 3. The molecule has 0 saturated carbocycles. The third-order valence-corrected chi connectivity index (χ3v) is 5.71. The Hall–Kier alpha value is -1.80. The van der Waals surface area contributed by atoms with Crippen LogP contribution in [-0.2, 0) is 28.5 Å². The van der Waals surface area contributed by atoms with Crippen molar-refractivity contribution in [3.63, 3.8) is 0 Å². The molecular weight excluding hydrogens is 446 g/mol. The Morgan fingerprint density at radius 1 is 1.09 bits per heavy atom. The van der Waals surface area contributed by atoms with Gasteiger partial charge in [-0.25, -0.2) is 4.79 Å². The quantitative estimate of drug-likeness (QED) is 0.297. The predicted molar refractivity (Wildman–Crippen MR) is 111 cm³/mol. The Morgan fingerprint density at radius 3 is 2.31 bits per heavy atom. The first kappa shape index (κ1) is 26.5. The van der Waals surface area contributed by atoms with E-state index in [-0.39, 0.29) is 18.0 Å². The second-order valence-corrected chi connectivity index (χ2v) is 9.98. The SMILES string of the molecule is Cc1ccc(S(=O)(=O)OC[C@H]2O[C@@H](OCCNC(=O)OC(C)(C)C)[C@H](O)[C@@H](O)[C@H]2O)cc1. The van der Waals surface area contributed by atoms with Crippen LogP contribution in [0.15, 0.2) is 29.2 Å². The topological polar surface area (TPSA) is 161 Å². The molecule has 4 N–H and O–H groups in total. The van der Waals surface area contributed by atoms with Crippen molar-refractivity contribution in [3.05, 3.63) is 29.8 Å². The predicted octanol–water partition coefficient (Wildman–Crippen LogP) is 0.0492. The van der Waals surface area contributed by atoms with Crippen LogP contribution in [0.3, 0.4) is 0 Å². The summed E-state index contributed by atoms with van der Waals surface area (Å²) in [4.78, 5) is 11.5. The van der Waals surface area contributed by atoms with Crippen LogP contribution in [0.2, 0.25) is 0 Å². The summed E-state index contributed by atoms with van der Waals surface area (Å²) in [5, 5.41) is 32.8. The molecule has 1 aliphatic rings. The van der Waals surface area contributed by atoms with E-state index < -0.39 is 59.1 Å². The van der Waals surface area contributed by atoms with Crippen molar-refractivity contribution in [2.45, 2.75) is 68.9 Å². The van der Waals surface area contributed by atoms with Crippen LogP contribution in [0.4, 0.5) is 4.79 Å². The number of nitrogens with one attached hydrogen (secondary N) is 1. The fraction of sp³-hybridized carbons (Fsp3) is 0.650. The van der Waals surface area contributed by atoms with Gasteiger partial charge in [0.25, 0.3) is 10.1 Å². The molecule has 1 fully saturated rings. The summed E-state index contributed by atoms with van der Waals surface area (Å²) in [6.07, 6.45) is -8.21. The summed E-state index contributed by atoms with van der Waals surface area (Å²) >= 11 is 0. The molecule has 12 heteroatoms. The Balaban J connectivity index is 1.89. The third kappa shape index (κ3) is 7.66. The zero-order valence-electron chi connectivity index (χ0n) is 18.4. The molecule has 0 bridgehead atoms. The first-order chi connectivity index (χ1) is 14.8. The van der Waals surface area contributed by atoms with Crippen LogP contribution >= 0.6 is 0 Å². The average molecular weight is 478 g/mol. The number of carbonyl (C=O) groups is 1. The summed E-state index contributed by atoms with van der Waals surface area (Å²) in [6, 6.07) is 5.98. The number of aryl methyl sites for hydroxylation is 1. The van der Waals surface area contributed by atoms with Gasteiger partial charge in [-0.3, -0.25) is 4.18 Å². The van der Waals surface area contributed by atoms with E-state index in [2.05, 4.69) is 5.32 Å². The Morgan fingerprint density at radius 2 is 1.72 bits per heavy atom. The lowest BCUT2D eigenvalue weighted by Crippen LogP contribution is -2.59. The van der Waals surface area contributed by atoms with Crippen LogP contribution in [0.25, 0.3) is 0 Å². The molecule has 0 radical (unpaired) electrons. The second-order valence-electron chi connectivity index (χ2n) is 8.37. The molecule has 0 unspecified atom stereocenters. The van der Waals surface area contributed by atoms with Crippen molar-refractivity contribution in [1.82, 2.24) is 5.32 Å². The number of aliphatic hydroxyl groups excluding tert-OH is 3. The van der Waals surface area contributed by atoms with E-state index in [0.717, 1.165) is 5.56 Å². The molecule has 5 atom stereocenters. The molecule has 0 aliphatic carbocycles. The minimum atomic E-state index is -4.13. The van der Waals surface area contributed by atoms with E-state index in [9.17, 15) is 28.5 Å². The molecule has 11 nitrogen and oxygen atoms in total. The largest absolute Gasteiger partial charge is 0.444 e. The number of rotatable bonds is 8. The fourth-order valence-electron chi connectivity index (χ4n) is 2.76. The smallest absolute Gasteiger partial charge is 0.407 e. The van der Waals surface area contributed by atoms with Gasteiger partial charge >= 0.3 is 6.09 Å². The summed E-state index contributed by atoms with van der Waals surface area (Å²) in [5.74, 6) is 0. The minimum Gasteiger partial charge on any atom is -0.444 e. The second kappa shape index (κ2) is 10.9. The number of amides is 1. The lowest BCUT2D eigenvalue weighted by Gasteiger charge is -2.40. The van der Waals surface area contributed by atoms with Crippen molar-refractivity contribution < 1.29 is 46.9 Å². The van der Waals surface area contributed by atoms with Gasteiger partial charge in [0.2, 0.25) is 0 Å². The molecule has 2 rings (SSSR count). The van der Waals surface area contributed by atoms with Gasteiger partial charge in [-0.2, -0.15) is 8.42 Å². The number of benzene rings is 1. The van der Waals surface area contributed by atoms with Crippen molar-refractivity contribution in [3.8, 4) is 0 Å². The van der Waals surface area contributed by atoms with Gasteiger partial charge in [0.1, 0.15) is 30.0 Å². The van der Waals surface area contributed by atoms with Crippen LogP contribution in [0.5, 0.6) is 0 Å². The highest BCUT2D eigenvalue weighted by Gasteiger charge is 2.44. The van der Waals surface area contributed by atoms with Crippen molar-refractivity contribution in [1.29, 1.82) is 0 Å². The van der Waals surface area contributed by atoms with Crippen LogP contribution < -0.4 is 5.32 Å². The van der Waals surface area contributed by atoms with E-state index in [4.69, 9.17) is 18.4 Å². The standard InChI is InChI=1S/C20H31NO10S/c1-12-5-7-13(8-6-12)32(26,27)29-11-14-15(22)16(23)17(24)18(30-14)28-10-9-21-19(25)31-20(2,3)4/h5-8,14-18,22-24H,9-11H2,1-4H3,(H,21,25)/t14-,15+,16+,17-,18-/m1/s1. The zero-order valence-corrected chi connectivity index (χ0v) is 19.2. The molecule has 1 aromatic rings. The van der Waals surface area contributed by atoms with E-state index in [0.29, 0.717) is 0 Å². The van der Waals surface area contributed by atoms with Crippen LogP contribution in [0, 0.1) is 6.92 Å². The van der Waals surface area contributed by atoms with E-state index in [1.807, 2.05) is 0 Å². The highest BCUT2D eigenvalue weighted by atomic mass is 32.2. The van der Waals surface area contributed by atoms with Gasteiger partial charge in [0.05, 0.1) is 18.1 Å². The van der Waals surface area contributed by atoms with Crippen molar-refractivity contribution in [2.24, 2.45) is 0 Å². The van der Waals surface area contributed by atoms with Gasteiger partial charge in [0.15, 0.2) is 6.29 Å². The maximum absolute atomic E-state index is 12.3. The molecule has 0 spiro atoms. The highest BCUT2D eigenvalue weighted by molar-refractivity contribution is 7.86. The molecule has 1 aliphatic heterocycles. The van der Waals surface area contributed by atoms with E-state index >= 15 is 0 Å². The maximum atomic E-state index is 12.3. The highest BCUT2D eigenvalue weighted by Crippen LogP contribution is 2.24. The maximum Gasteiger partial charge on any atom is 0.407 e. The lowest BCUT2D eigenvalue weighted by atomic mass is 9.99. The molecule has 182 valence electrons. The van der Waals surface area contributed by atoms with Crippen LogP contribution in [-0.4, -0.2) is 85.9 Å². The Labute approximate surface area is 187 Å². The fourth-order valence-corrected chi connectivity index (χ4v) is 3.68. The van der Waals surface area contributed by atoms with E-state index in [1.54, 1.807) is 39.8 Å². The Kier molecular flexibility index (Phi) is 8.99. The summed E-state index contributed by atoms with van der Waals surface area (Å²) < 4.78 is 45.5. The summed E-state index contributed by atoms with van der Waals surface area (Å²) in [7, 11) is -4.13. The third-order valence-electron chi connectivity index (χ3n) is 4.42. The molecule has 1 aromatic carbocycles.